The van der Waals surface area contributed by atoms with Crippen molar-refractivity contribution in [2.24, 2.45) is 0 Å². The third-order valence-corrected chi connectivity index (χ3v) is 5.05. The minimum atomic E-state index is -0.312. The summed E-state index contributed by atoms with van der Waals surface area (Å²) in [6, 6.07) is 25.9. The molecule has 8 heteroatoms. The molecule has 0 saturated carbocycles. The van der Waals surface area contributed by atoms with Crippen LogP contribution in [0.1, 0.15) is 21.7 Å². The summed E-state index contributed by atoms with van der Waals surface area (Å²) in [4.78, 5) is 33.2. The fourth-order valence-corrected chi connectivity index (χ4v) is 3.32. The fraction of sp³-hybridized carbons (Fsp3) is 0.111. The Bertz CT molecular complexity index is 1310. The largest absolute Gasteiger partial charge is 0.343 e. The quantitative estimate of drug-likeness (QED) is 0.293. The van der Waals surface area contributed by atoms with Gasteiger partial charge in [0.2, 0.25) is 5.91 Å². The van der Waals surface area contributed by atoms with Gasteiger partial charge in [0.15, 0.2) is 0 Å². The van der Waals surface area contributed by atoms with E-state index in [0.717, 1.165) is 11.4 Å². The Hall–Kier alpha value is -4.72. The van der Waals surface area contributed by atoms with Crippen LogP contribution >= 0.6 is 0 Å². The molecule has 0 aliphatic rings. The lowest BCUT2D eigenvalue weighted by molar-refractivity contribution is -0.115. The number of carbonyl (C=O) groups excluding carboxylic acids is 2. The fourth-order valence-electron chi connectivity index (χ4n) is 3.32. The van der Waals surface area contributed by atoms with Gasteiger partial charge in [-0.3, -0.25) is 9.59 Å². The molecular weight excluding hydrogens is 440 g/mol. The number of anilines is 5. The van der Waals surface area contributed by atoms with Crippen LogP contribution in [0.15, 0.2) is 84.9 Å². The van der Waals surface area contributed by atoms with Crippen molar-refractivity contribution in [2.45, 2.75) is 13.8 Å². The number of rotatable bonds is 8. The first kappa shape index (κ1) is 23.4. The number of amides is 2. The molecule has 0 unspecified atom stereocenters. The van der Waals surface area contributed by atoms with Gasteiger partial charge in [-0.2, -0.15) is 0 Å². The zero-order valence-electron chi connectivity index (χ0n) is 19.5. The molecule has 4 rings (SSSR count). The molecule has 0 radical (unpaired) electrons. The monoisotopic (exact) mass is 466 g/mol. The maximum absolute atomic E-state index is 12.2. The third kappa shape index (κ3) is 6.88. The van der Waals surface area contributed by atoms with Crippen LogP contribution in [0.2, 0.25) is 0 Å². The number of hydrogen-bond donors (Lipinski definition) is 4. The highest BCUT2D eigenvalue weighted by atomic mass is 16.2. The second-order valence-corrected chi connectivity index (χ2v) is 7.98. The average Bonchev–Trinajstić information content (AvgIpc) is 2.85. The Morgan fingerprint density at radius 2 is 1.26 bits per heavy atom. The topological polar surface area (TPSA) is 108 Å². The van der Waals surface area contributed by atoms with Gasteiger partial charge in [0.05, 0.1) is 6.54 Å². The van der Waals surface area contributed by atoms with E-state index >= 15 is 0 Å². The van der Waals surface area contributed by atoms with Crippen LogP contribution in [0.25, 0.3) is 0 Å². The summed E-state index contributed by atoms with van der Waals surface area (Å²) >= 11 is 0. The molecule has 0 spiro atoms. The molecule has 1 heterocycles. The SMILES string of the molecule is Cc1ccc(Nc2cc(Nc3ccc(NC(=O)CNC(=O)c4ccccc4)cc3)nc(C)n2)cc1. The summed E-state index contributed by atoms with van der Waals surface area (Å²) in [6.07, 6.45) is 0. The predicted octanol–water partition coefficient (Wildman–Crippen LogP) is 4.95. The molecule has 4 N–H and O–H groups in total. The lowest BCUT2D eigenvalue weighted by atomic mass is 10.2. The minimum absolute atomic E-state index is 0.120. The number of aromatic nitrogens is 2. The first-order valence-electron chi connectivity index (χ1n) is 11.1. The van der Waals surface area contributed by atoms with Gasteiger partial charge in [0.25, 0.3) is 5.91 Å². The summed E-state index contributed by atoms with van der Waals surface area (Å²) in [7, 11) is 0. The van der Waals surface area contributed by atoms with E-state index in [9.17, 15) is 9.59 Å². The van der Waals surface area contributed by atoms with Gasteiger partial charge in [-0.05, 0) is 62.4 Å². The van der Waals surface area contributed by atoms with E-state index in [2.05, 4.69) is 31.2 Å². The van der Waals surface area contributed by atoms with Gasteiger partial charge in [-0.1, -0.05) is 35.9 Å². The summed E-state index contributed by atoms with van der Waals surface area (Å²) in [5.74, 6) is 1.36. The van der Waals surface area contributed by atoms with Gasteiger partial charge in [-0.15, -0.1) is 0 Å². The van der Waals surface area contributed by atoms with Crippen molar-refractivity contribution in [2.75, 3.05) is 22.5 Å². The Kier molecular flexibility index (Phi) is 7.32. The molecule has 4 aromatic rings. The lowest BCUT2D eigenvalue weighted by Gasteiger charge is -2.11. The standard InChI is InChI=1S/C27H26N6O2/c1-18-8-10-21(11-9-18)31-24-16-25(30-19(2)29-24)32-22-12-14-23(15-13-22)33-26(34)17-28-27(35)20-6-4-3-5-7-20/h3-16H,17H2,1-2H3,(H,28,35)(H,33,34)(H2,29,30,31,32). The second-order valence-electron chi connectivity index (χ2n) is 7.98. The smallest absolute Gasteiger partial charge is 0.251 e. The minimum Gasteiger partial charge on any atom is -0.343 e. The zero-order valence-corrected chi connectivity index (χ0v) is 19.5. The van der Waals surface area contributed by atoms with Crippen molar-refractivity contribution in [1.29, 1.82) is 0 Å². The van der Waals surface area contributed by atoms with E-state index in [4.69, 9.17) is 0 Å². The van der Waals surface area contributed by atoms with E-state index in [1.165, 1.54) is 5.56 Å². The Labute approximate surface area is 203 Å². The predicted molar refractivity (Wildman–Crippen MR) is 138 cm³/mol. The molecule has 0 atom stereocenters. The molecule has 0 aliphatic heterocycles. The highest BCUT2D eigenvalue weighted by Crippen LogP contribution is 2.22. The van der Waals surface area contributed by atoms with Crippen LogP contribution in [-0.2, 0) is 4.79 Å². The van der Waals surface area contributed by atoms with Gasteiger partial charge < -0.3 is 21.3 Å². The van der Waals surface area contributed by atoms with Crippen LogP contribution in [0.5, 0.6) is 0 Å². The van der Waals surface area contributed by atoms with Crippen molar-refractivity contribution < 1.29 is 9.59 Å². The molecule has 0 bridgehead atoms. The van der Waals surface area contributed by atoms with E-state index in [1.54, 1.807) is 36.4 Å². The molecule has 1 aromatic heterocycles. The molecule has 3 aromatic carbocycles. The van der Waals surface area contributed by atoms with E-state index < -0.39 is 0 Å². The summed E-state index contributed by atoms with van der Waals surface area (Å²) < 4.78 is 0. The molecule has 0 aliphatic carbocycles. The molecule has 2 amide bonds. The Morgan fingerprint density at radius 3 is 1.86 bits per heavy atom. The van der Waals surface area contributed by atoms with E-state index in [-0.39, 0.29) is 18.4 Å². The number of hydrogen-bond acceptors (Lipinski definition) is 6. The average molecular weight is 467 g/mol. The van der Waals surface area contributed by atoms with Crippen molar-refractivity contribution in [3.63, 3.8) is 0 Å². The maximum atomic E-state index is 12.2. The Balaban J connectivity index is 1.32. The normalized spacial score (nSPS) is 10.3. The lowest BCUT2D eigenvalue weighted by Crippen LogP contribution is -2.32. The molecule has 8 nitrogen and oxygen atoms in total. The Morgan fingerprint density at radius 1 is 0.714 bits per heavy atom. The third-order valence-electron chi connectivity index (χ3n) is 5.05. The van der Waals surface area contributed by atoms with Gasteiger partial charge in [-0.25, -0.2) is 9.97 Å². The molecule has 0 saturated heterocycles. The maximum Gasteiger partial charge on any atom is 0.251 e. The van der Waals surface area contributed by atoms with Crippen molar-refractivity contribution in [3.05, 3.63) is 102 Å². The van der Waals surface area contributed by atoms with Gasteiger partial charge >= 0.3 is 0 Å². The van der Waals surface area contributed by atoms with Crippen LogP contribution in [0, 0.1) is 13.8 Å². The van der Waals surface area contributed by atoms with Gasteiger partial charge in [0.1, 0.15) is 17.5 Å². The molecule has 0 fully saturated rings. The van der Waals surface area contributed by atoms with Crippen LogP contribution in [0.3, 0.4) is 0 Å². The zero-order chi connectivity index (χ0) is 24.6. The second kappa shape index (κ2) is 10.9. The van der Waals surface area contributed by atoms with Crippen LogP contribution < -0.4 is 21.3 Å². The highest BCUT2D eigenvalue weighted by molar-refractivity contribution is 5.99. The van der Waals surface area contributed by atoms with Crippen molar-refractivity contribution >= 4 is 40.5 Å². The highest BCUT2D eigenvalue weighted by Gasteiger charge is 2.08. The number of nitrogens with zero attached hydrogens (tertiary/aromatic N) is 2. The van der Waals surface area contributed by atoms with Crippen molar-refractivity contribution in [3.8, 4) is 0 Å². The molecule has 176 valence electrons. The first-order valence-corrected chi connectivity index (χ1v) is 11.1. The summed E-state index contributed by atoms with van der Waals surface area (Å²) in [5.41, 5.74) is 4.07. The summed E-state index contributed by atoms with van der Waals surface area (Å²) in [5, 5.41) is 11.9. The van der Waals surface area contributed by atoms with Gasteiger partial charge in [0, 0.05) is 28.7 Å². The number of nitrogens with one attached hydrogen (secondary N) is 4. The molecule has 35 heavy (non-hydrogen) atoms. The summed E-state index contributed by atoms with van der Waals surface area (Å²) in [6.45, 7) is 3.76. The number of benzene rings is 3. The number of aryl methyl sites for hydroxylation is 2. The first-order chi connectivity index (χ1) is 16.9. The number of carbonyl (C=O) groups is 2. The molecular formula is C27H26N6O2. The van der Waals surface area contributed by atoms with Crippen molar-refractivity contribution in [1.82, 2.24) is 15.3 Å². The van der Waals surface area contributed by atoms with Crippen LogP contribution in [-0.4, -0.2) is 28.3 Å². The van der Waals surface area contributed by atoms with Crippen LogP contribution in [0.4, 0.5) is 28.7 Å². The van der Waals surface area contributed by atoms with E-state index in [0.29, 0.717) is 28.7 Å². The van der Waals surface area contributed by atoms with E-state index in [1.807, 2.05) is 62.4 Å².